The molecule has 0 saturated carbocycles. The van der Waals surface area contributed by atoms with Crippen molar-refractivity contribution in [2.75, 3.05) is 12.4 Å². The fourth-order valence-corrected chi connectivity index (χ4v) is 3.20. The molecule has 0 aliphatic carbocycles. The third kappa shape index (κ3) is 6.01. The van der Waals surface area contributed by atoms with E-state index in [9.17, 15) is 13.2 Å². The van der Waals surface area contributed by atoms with Gasteiger partial charge in [-0.3, -0.25) is 0 Å². The van der Waals surface area contributed by atoms with Crippen LogP contribution in [-0.2, 0) is 12.6 Å². The molecule has 0 radical (unpaired) electrons. The second kappa shape index (κ2) is 8.68. The lowest BCUT2D eigenvalue weighted by Gasteiger charge is -2.11. The number of benzene rings is 2. The monoisotopic (exact) mass is 386 g/mol. The van der Waals surface area contributed by atoms with Crippen LogP contribution in [0.3, 0.4) is 0 Å². The Balaban J connectivity index is 1.83. The number of ether oxygens (including phenoxy) is 1. The molecule has 0 heterocycles. The van der Waals surface area contributed by atoms with Crippen molar-refractivity contribution >= 4 is 23.4 Å². The second-order valence-electron chi connectivity index (χ2n) is 5.47. The van der Waals surface area contributed by atoms with E-state index in [-0.39, 0.29) is 6.61 Å². The summed E-state index contributed by atoms with van der Waals surface area (Å²) >= 11 is 7.80. The van der Waals surface area contributed by atoms with Gasteiger partial charge in [0, 0.05) is 10.6 Å². The van der Waals surface area contributed by atoms with Gasteiger partial charge in [-0.15, -0.1) is 11.8 Å². The largest absolute Gasteiger partial charge is 0.489 e. The van der Waals surface area contributed by atoms with E-state index in [1.54, 1.807) is 11.8 Å². The molecule has 1 nitrogen and oxygen atoms in total. The number of alkyl halides is 3. The van der Waals surface area contributed by atoms with Crippen LogP contribution in [0.25, 0.3) is 0 Å². The van der Waals surface area contributed by atoms with E-state index in [1.165, 1.54) is 17.7 Å². The molecule has 0 unspecified atom stereocenters. The normalized spacial score (nSPS) is 11.4. The zero-order valence-corrected chi connectivity index (χ0v) is 15.3. The molecule has 0 atom stereocenters. The predicted molar refractivity (Wildman–Crippen MR) is 97.6 cm³/mol. The summed E-state index contributed by atoms with van der Waals surface area (Å²) in [5.74, 6) is 0.996. The van der Waals surface area contributed by atoms with Gasteiger partial charge in [0.15, 0.2) is 0 Å². The van der Waals surface area contributed by atoms with E-state index < -0.39 is 11.7 Å². The van der Waals surface area contributed by atoms with E-state index in [1.807, 2.05) is 18.2 Å². The van der Waals surface area contributed by atoms with Gasteiger partial charge in [0.1, 0.15) is 12.4 Å². The van der Waals surface area contributed by atoms with Crippen molar-refractivity contribution in [3.05, 3.63) is 70.8 Å². The van der Waals surface area contributed by atoms with Crippen LogP contribution in [0.2, 0.25) is 5.02 Å². The molecule has 2 rings (SSSR count). The van der Waals surface area contributed by atoms with Gasteiger partial charge in [0.2, 0.25) is 0 Å². The molecule has 0 saturated heterocycles. The van der Waals surface area contributed by atoms with Crippen molar-refractivity contribution in [2.24, 2.45) is 0 Å². The summed E-state index contributed by atoms with van der Waals surface area (Å²) in [5, 5.41) is 0.709. The summed E-state index contributed by atoms with van der Waals surface area (Å²) in [6, 6.07) is 10.6. The summed E-state index contributed by atoms with van der Waals surface area (Å²) in [6.07, 6.45) is -3.41. The first-order chi connectivity index (χ1) is 11.8. The molecule has 0 amide bonds. The molecular weight excluding hydrogens is 369 g/mol. The van der Waals surface area contributed by atoms with Crippen LogP contribution in [-0.4, -0.2) is 12.4 Å². The Morgan fingerprint density at radius 3 is 2.40 bits per heavy atom. The lowest BCUT2D eigenvalue weighted by Crippen LogP contribution is -2.05. The van der Waals surface area contributed by atoms with E-state index in [0.29, 0.717) is 16.5 Å². The summed E-state index contributed by atoms with van der Waals surface area (Å²) < 4.78 is 43.0. The van der Waals surface area contributed by atoms with Crippen molar-refractivity contribution in [3.8, 4) is 5.75 Å². The summed E-state index contributed by atoms with van der Waals surface area (Å²) in [5.41, 5.74) is 1.30. The smallest absolute Gasteiger partial charge is 0.416 e. The third-order valence-corrected chi connectivity index (χ3v) is 5.11. The zero-order chi connectivity index (χ0) is 18.4. The Hall–Kier alpha value is -1.59. The first kappa shape index (κ1) is 19.7. The summed E-state index contributed by atoms with van der Waals surface area (Å²) in [4.78, 5) is 0.967. The Kier molecular flexibility index (Phi) is 6.85. The topological polar surface area (TPSA) is 9.23 Å². The molecule has 0 aliphatic rings. The molecule has 0 N–H and O–H groups in total. The average Bonchev–Trinajstić information content (AvgIpc) is 2.58. The standard InChI is InChI=1S/C19H18ClF3OS/c1-3-14-4-9-18(17(20)10-14)25-12-13(2)11-24-16-7-5-15(6-8-16)19(21,22)23/h4-10H,2-3,11-12H2,1H3. The first-order valence-electron chi connectivity index (χ1n) is 7.67. The zero-order valence-electron chi connectivity index (χ0n) is 13.7. The number of thioether (sulfide) groups is 1. The van der Waals surface area contributed by atoms with Crippen molar-refractivity contribution < 1.29 is 17.9 Å². The molecule has 0 fully saturated rings. The quantitative estimate of drug-likeness (QED) is 0.389. The molecule has 0 bridgehead atoms. The van der Waals surface area contributed by atoms with Crippen molar-refractivity contribution in [1.82, 2.24) is 0 Å². The highest BCUT2D eigenvalue weighted by Crippen LogP contribution is 2.31. The second-order valence-corrected chi connectivity index (χ2v) is 6.89. The van der Waals surface area contributed by atoms with E-state index in [0.717, 1.165) is 29.0 Å². The van der Waals surface area contributed by atoms with Gasteiger partial charge in [-0.05, 0) is 54.0 Å². The molecule has 2 aromatic rings. The molecule has 25 heavy (non-hydrogen) atoms. The maximum absolute atomic E-state index is 12.5. The van der Waals surface area contributed by atoms with Gasteiger partial charge >= 0.3 is 6.18 Å². The van der Waals surface area contributed by atoms with E-state index in [4.69, 9.17) is 16.3 Å². The molecule has 0 aromatic heterocycles. The van der Waals surface area contributed by atoms with Crippen molar-refractivity contribution in [3.63, 3.8) is 0 Å². The molecule has 6 heteroatoms. The van der Waals surface area contributed by atoms with Gasteiger partial charge < -0.3 is 4.74 Å². The SMILES string of the molecule is C=C(COc1ccc(C(F)(F)F)cc1)CSc1ccc(CC)cc1Cl. The Bertz CT molecular complexity index is 726. The van der Waals surface area contributed by atoms with Crippen molar-refractivity contribution in [2.45, 2.75) is 24.4 Å². The van der Waals surface area contributed by atoms with E-state index in [2.05, 4.69) is 13.5 Å². The Morgan fingerprint density at radius 2 is 1.84 bits per heavy atom. The number of aryl methyl sites for hydroxylation is 1. The van der Waals surface area contributed by atoms with Crippen LogP contribution in [0.4, 0.5) is 13.2 Å². The third-order valence-electron chi connectivity index (χ3n) is 3.46. The molecule has 2 aromatic carbocycles. The van der Waals surface area contributed by atoms with Gasteiger partial charge in [0.05, 0.1) is 10.6 Å². The van der Waals surface area contributed by atoms with Crippen LogP contribution in [0, 0.1) is 0 Å². The fraction of sp³-hybridized carbons (Fsp3) is 0.263. The maximum atomic E-state index is 12.5. The van der Waals surface area contributed by atoms with Crippen LogP contribution in [0.5, 0.6) is 5.75 Å². The van der Waals surface area contributed by atoms with Crippen LogP contribution < -0.4 is 4.74 Å². The molecule has 0 spiro atoms. The minimum atomic E-state index is -4.34. The molecular formula is C19H18ClF3OS. The van der Waals surface area contributed by atoms with Crippen LogP contribution in [0.1, 0.15) is 18.1 Å². The number of rotatable bonds is 7. The van der Waals surface area contributed by atoms with Crippen molar-refractivity contribution in [1.29, 1.82) is 0 Å². The lowest BCUT2D eigenvalue weighted by molar-refractivity contribution is -0.137. The molecule has 0 aliphatic heterocycles. The molecule has 134 valence electrons. The number of hydrogen-bond donors (Lipinski definition) is 0. The van der Waals surface area contributed by atoms with Gasteiger partial charge in [0.25, 0.3) is 0 Å². The summed E-state index contributed by atoms with van der Waals surface area (Å²) in [6.45, 7) is 6.24. The fourth-order valence-electron chi connectivity index (χ4n) is 2.03. The first-order valence-corrected chi connectivity index (χ1v) is 9.04. The predicted octanol–water partition coefficient (Wildman–Crippen LogP) is 6.65. The maximum Gasteiger partial charge on any atom is 0.416 e. The average molecular weight is 387 g/mol. The Morgan fingerprint density at radius 1 is 1.16 bits per heavy atom. The number of hydrogen-bond acceptors (Lipinski definition) is 2. The highest BCUT2D eigenvalue weighted by molar-refractivity contribution is 7.99. The van der Waals surface area contributed by atoms with Gasteiger partial charge in [-0.2, -0.15) is 13.2 Å². The highest BCUT2D eigenvalue weighted by Gasteiger charge is 2.29. The van der Waals surface area contributed by atoms with Gasteiger partial charge in [-0.1, -0.05) is 31.2 Å². The minimum absolute atomic E-state index is 0.239. The van der Waals surface area contributed by atoms with Crippen LogP contribution >= 0.6 is 23.4 Å². The van der Waals surface area contributed by atoms with Gasteiger partial charge in [-0.25, -0.2) is 0 Å². The van der Waals surface area contributed by atoms with Crippen LogP contribution in [0.15, 0.2) is 59.5 Å². The summed E-state index contributed by atoms with van der Waals surface area (Å²) in [7, 11) is 0. The minimum Gasteiger partial charge on any atom is -0.489 e. The Labute approximate surface area is 154 Å². The lowest BCUT2D eigenvalue weighted by atomic mass is 10.2. The van der Waals surface area contributed by atoms with E-state index >= 15 is 0 Å². The highest BCUT2D eigenvalue weighted by atomic mass is 35.5. The number of halogens is 4.